The number of benzene rings is 1. The Labute approximate surface area is 152 Å². The molecule has 0 unspecified atom stereocenters. The Morgan fingerprint density at radius 1 is 1.31 bits per heavy atom. The number of carbonyl (C=O) groups excluding carboxylic acids is 1. The third kappa shape index (κ3) is 3.13. The lowest BCUT2D eigenvalue weighted by atomic mass is 9.93. The molecule has 1 aromatic heterocycles. The first kappa shape index (κ1) is 17.5. The van der Waals surface area contributed by atoms with Crippen molar-refractivity contribution in [1.82, 2.24) is 9.62 Å². The van der Waals surface area contributed by atoms with Crippen LogP contribution in [-0.4, -0.2) is 57.8 Å². The fraction of sp³-hybridized carbons (Fsp3) is 0.500. The van der Waals surface area contributed by atoms with Crippen LogP contribution < -0.4 is 4.72 Å². The van der Waals surface area contributed by atoms with Gasteiger partial charge in [-0.2, -0.15) is 0 Å². The molecule has 2 aliphatic heterocycles. The van der Waals surface area contributed by atoms with E-state index in [1.54, 1.807) is 4.90 Å². The Bertz CT molecular complexity index is 952. The van der Waals surface area contributed by atoms with Crippen LogP contribution in [0.2, 0.25) is 0 Å². The second-order valence-electron chi connectivity index (χ2n) is 7.18. The SMILES string of the molecule is Cc1c(C(=O)N2C[C@H]3[C@@H](CNS(C)(=O)=O)CO[C@H]3C2)oc2ccccc12. The van der Waals surface area contributed by atoms with E-state index in [1.807, 2.05) is 31.2 Å². The summed E-state index contributed by atoms with van der Waals surface area (Å²) in [6, 6.07) is 7.60. The number of rotatable bonds is 4. The molecule has 1 amide bonds. The van der Waals surface area contributed by atoms with Crippen LogP contribution >= 0.6 is 0 Å². The minimum atomic E-state index is -3.23. The van der Waals surface area contributed by atoms with Gasteiger partial charge in [0, 0.05) is 42.4 Å². The van der Waals surface area contributed by atoms with Crippen molar-refractivity contribution in [3.63, 3.8) is 0 Å². The second kappa shape index (κ2) is 6.37. The summed E-state index contributed by atoms with van der Waals surface area (Å²) in [6.07, 6.45) is 1.10. The van der Waals surface area contributed by atoms with Crippen molar-refractivity contribution in [2.45, 2.75) is 13.0 Å². The van der Waals surface area contributed by atoms with Gasteiger partial charge < -0.3 is 14.1 Å². The van der Waals surface area contributed by atoms with Crippen LogP contribution in [0.3, 0.4) is 0 Å². The first-order valence-corrected chi connectivity index (χ1v) is 10.6. The maximum absolute atomic E-state index is 13.0. The Kier molecular flexibility index (Phi) is 4.29. The molecule has 8 heteroatoms. The summed E-state index contributed by atoms with van der Waals surface area (Å²) >= 11 is 0. The molecule has 0 radical (unpaired) electrons. The van der Waals surface area contributed by atoms with Crippen LogP contribution in [-0.2, 0) is 14.8 Å². The van der Waals surface area contributed by atoms with E-state index in [0.717, 1.165) is 17.2 Å². The minimum Gasteiger partial charge on any atom is -0.451 e. The van der Waals surface area contributed by atoms with Crippen molar-refractivity contribution >= 4 is 26.9 Å². The van der Waals surface area contributed by atoms with Gasteiger partial charge in [0.2, 0.25) is 10.0 Å². The predicted molar refractivity (Wildman–Crippen MR) is 96.4 cm³/mol. The lowest BCUT2D eigenvalue weighted by molar-refractivity contribution is 0.0653. The largest absolute Gasteiger partial charge is 0.451 e. The Morgan fingerprint density at radius 3 is 2.81 bits per heavy atom. The first-order chi connectivity index (χ1) is 12.3. The van der Waals surface area contributed by atoms with E-state index >= 15 is 0 Å². The van der Waals surface area contributed by atoms with Gasteiger partial charge in [0.15, 0.2) is 5.76 Å². The van der Waals surface area contributed by atoms with Crippen molar-refractivity contribution in [3.8, 4) is 0 Å². The number of furan rings is 1. The maximum atomic E-state index is 13.0. The number of amides is 1. The lowest BCUT2D eigenvalue weighted by Crippen LogP contribution is -2.35. The fourth-order valence-corrected chi connectivity index (χ4v) is 4.47. The predicted octanol–water partition coefficient (Wildman–Crippen LogP) is 1.38. The molecule has 7 nitrogen and oxygen atoms in total. The Morgan fingerprint density at radius 2 is 2.08 bits per heavy atom. The molecular formula is C18H22N2O5S. The summed E-state index contributed by atoms with van der Waals surface area (Å²) in [4.78, 5) is 14.7. The highest BCUT2D eigenvalue weighted by Crippen LogP contribution is 2.35. The zero-order chi connectivity index (χ0) is 18.5. The van der Waals surface area contributed by atoms with E-state index in [-0.39, 0.29) is 23.8 Å². The minimum absolute atomic E-state index is 0.0463. The molecule has 3 heterocycles. The summed E-state index contributed by atoms with van der Waals surface area (Å²) in [6.45, 7) is 3.81. The molecular weight excluding hydrogens is 356 g/mol. The van der Waals surface area contributed by atoms with E-state index < -0.39 is 10.0 Å². The Hall–Kier alpha value is -1.90. The average Bonchev–Trinajstić information content (AvgIpc) is 3.25. The zero-order valence-corrected chi connectivity index (χ0v) is 15.6. The van der Waals surface area contributed by atoms with E-state index in [4.69, 9.17) is 9.15 Å². The number of nitrogens with zero attached hydrogens (tertiary/aromatic N) is 1. The van der Waals surface area contributed by atoms with Crippen molar-refractivity contribution in [2.24, 2.45) is 11.8 Å². The Balaban J connectivity index is 1.49. The first-order valence-electron chi connectivity index (χ1n) is 8.67. The fourth-order valence-electron chi connectivity index (χ4n) is 3.96. The van der Waals surface area contributed by atoms with Gasteiger partial charge in [0.05, 0.1) is 19.0 Å². The van der Waals surface area contributed by atoms with Crippen molar-refractivity contribution in [3.05, 3.63) is 35.6 Å². The van der Waals surface area contributed by atoms with Crippen LogP contribution in [0.5, 0.6) is 0 Å². The molecule has 3 atom stereocenters. The molecule has 1 aromatic carbocycles. The van der Waals surface area contributed by atoms with Gasteiger partial charge in [-0.15, -0.1) is 0 Å². The van der Waals surface area contributed by atoms with Gasteiger partial charge in [0.1, 0.15) is 5.58 Å². The summed E-state index contributed by atoms with van der Waals surface area (Å²) in [5, 5.41) is 0.946. The normalized spacial score (nSPS) is 25.8. The highest BCUT2D eigenvalue weighted by molar-refractivity contribution is 7.88. The number of hydrogen-bond donors (Lipinski definition) is 1. The topological polar surface area (TPSA) is 88.9 Å². The number of ether oxygens (including phenoxy) is 1. The number of hydrogen-bond acceptors (Lipinski definition) is 5. The second-order valence-corrected chi connectivity index (χ2v) is 9.01. The van der Waals surface area contributed by atoms with E-state index in [9.17, 15) is 13.2 Å². The molecule has 26 heavy (non-hydrogen) atoms. The van der Waals surface area contributed by atoms with Gasteiger partial charge in [0.25, 0.3) is 5.91 Å². The molecule has 2 saturated heterocycles. The van der Waals surface area contributed by atoms with Crippen molar-refractivity contribution in [2.75, 3.05) is 32.5 Å². The number of likely N-dealkylation sites (tertiary alicyclic amines) is 1. The van der Waals surface area contributed by atoms with Crippen LogP contribution in [0.25, 0.3) is 11.0 Å². The average molecular weight is 378 g/mol. The molecule has 1 N–H and O–H groups in total. The molecule has 0 bridgehead atoms. The third-order valence-electron chi connectivity index (χ3n) is 5.37. The molecule has 2 aromatic rings. The highest BCUT2D eigenvalue weighted by atomic mass is 32.2. The summed E-state index contributed by atoms with van der Waals surface area (Å²) in [5.74, 6) is 0.450. The number of aryl methyl sites for hydroxylation is 1. The number of nitrogens with one attached hydrogen (secondary N) is 1. The van der Waals surface area contributed by atoms with E-state index in [0.29, 0.717) is 37.6 Å². The lowest BCUT2D eigenvalue weighted by Gasteiger charge is -2.19. The van der Waals surface area contributed by atoms with Crippen molar-refractivity contribution < 1.29 is 22.4 Å². The van der Waals surface area contributed by atoms with E-state index in [1.165, 1.54) is 0 Å². The molecule has 4 rings (SSSR count). The summed E-state index contributed by atoms with van der Waals surface area (Å²) < 4.78 is 36.8. The quantitative estimate of drug-likeness (QED) is 0.868. The van der Waals surface area contributed by atoms with Crippen LogP contribution in [0.15, 0.2) is 28.7 Å². The molecule has 2 fully saturated rings. The molecule has 0 spiro atoms. The van der Waals surface area contributed by atoms with Gasteiger partial charge >= 0.3 is 0 Å². The zero-order valence-electron chi connectivity index (χ0n) is 14.8. The monoisotopic (exact) mass is 378 g/mol. The number of para-hydroxylation sites is 1. The molecule has 2 aliphatic rings. The van der Waals surface area contributed by atoms with Gasteiger partial charge in [-0.1, -0.05) is 18.2 Å². The maximum Gasteiger partial charge on any atom is 0.289 e. The smallest absolute Gasteiger partial charge is 0.289 e. The number of sulfonamides is 1. The highest BCUT2D eigenvalue weighted by Gasteiger charge is 2.46. The van der Waals surface area contributed by atoms with Crippen LogP contribution in [0.1, 0.15) is 16.1 Å². The third-order valence-corrected chi connectivity index (χ3v) is 6.06. The summed E-state index contributed by atoms with van der Waals surface area (Å²) in [5.41, 5.74) is 1.55. The van der Waals surface area contributed by atoms with Gasteiger partial charge in [-0.05, 0) is 13.0 Å². The van der Waals surface area contributed by atoms with E-state index in [2.05, 4.69) is 4.72 Å². The van der Waals surface area contributed by atoms with Crippen molar-refractivity contribution in [1.29, 1.82) is 0 Å². The molecule has 0 saturated carbocycles. The van der Waals surface area contributed by atoms with Crippen LogP contribution in [0.4, 0.5) is 0 Å². The molecule has 0 aliphatic carbocycles. The number of fused-ring (bicyclic) bond motifs is 2. The summed E-state index contributed by atoms with van der Waals surface area (Å²) in [7, 11) is -3.23. The van der Waals surface area contributed by atoms with Gasteiger partial charge in [-0.25, -0.2) is 13.1 Å². The molecule has 140 valence electrons. The standard InChI is InChI=1S/C18H22N2O5S/c1-11-13-5-3-4-6-15(13)25-17(11)18(21)20-8-14-12(7-19-26(2,22)23)10-24-16(14)9-20/h3-6,12,14,16,19H,7-10H2,1-2H3/t12-,14-,16-/m0/s1. The number of carbonyl (C=O) groups is 1. The van der Waals surface area contributed by atoms with Gasteiger partial charge in [-0.3, -0.25) is 4.79 Å². The van der Waals surface area contributed by atoms with Crippen LogP contribution in [0, 0.1) is 18.8 Å².